The van der Waals surface area contributed by atoms with E-state index >= 15 is 0 Å². The van der Waals surface area contributed by atoms with Gasteiger partial charge in [-0.05, 0) is 24.0 Å². The summed E-state index contributed by atoms with van der Waals surface area (Å²) in [6.07, 6.45) is -0.950. The van der Waals surface area contributed by atoms with Gasteiger partial charge in [-0.25, -0.2) is 9.97 Å². The molecule has 106 valence electrons. The summed E-state index contributed by atoms with van der Waals surface area (Å²) in [5, 5.41) is 3.88. The van der Waals surface area contributed by atoms with Crippen LogP contribution in [0.25, 0.3) is 0 Å². The molecule has 0 unspecified atom stereocenters. The van der Waals surface area contributed by atoms with E-state index in [-0.39, 0.29) is 0 Å². The largest absolute Gasteiger partial charge is 0.416 e. The number of aromatic nitrogens is 2. The highest BCUT2D eigenvalue weighted by Gasteiger charge is 2.29. The van der Waals surface area contributed by atoms with Crippen molar-refractivity contribution in [3.63, 3.8) is 0 Å². The van der Waals surface area contributed by atoms with Crippen molar-refractivity contribution in [2.75, 3.05) is 11.6 Å². The number of thioether (sulfide) groups is 1. The maximum absolute atomic E-state index is 12.4. The Hall–Kier alpha value is -1.76. The van der Waals surface area contributed by atoms with Gasteiger partial charge in [-0.15, -0.1) is 11.8 Å². The molecule has 1 aromatic carbocycles. The number of nitrogens with one attached hydrogen (secondary N) is 1. The zero-order valence-electron chi connectivity index (χ0n) is 10.6. The Kier molecular flexibility index (Phi) is 4.49. The monoisotopic (exact) mass is 299 g/mol. The molecule has 0 saturated carbocycles. The van der Waals surface area contributed by atoms with Gasteiger partial charge in [0.15, 0.2) is 0 Å². The van der Waals surface area contributed by atoms with Crippen LogP contribution in [0.5, 0.6) is 0 Å². The molecule has 2 aromatic rings. The van der Waals surface area contributed by atoms with E-state index in [0.29, 0.717) is 12.4 Å². The Balaban J connectivity index is 2.00. The summed E-state index contributed by atoms with van der Waals surface area (Å²) in [7, 11) is 0. The van der Waals surface area contributed by atoms with E-state index in [1.165, 1.54) is 30.2 Å². The number of rotatable bonds is 4. The first-order chi connectivity index (χ1) is 9.49. The molecule has 20 heavy (non-hydrogen) atoms. The van der Waals surface area contributed by atoms with Crippen LogP contribution in [0, 0.1) is 0 Å². The van der Waals surface area contributed by atoms with Gasteiger partial charge in [0.25, 0.3) is 0 Å². The summed E-state index contributed by atoms with van der Waals surface area (Å²) < 4.78 is 37.3. The van der Waals surface area contributed by atoms with Crippen LogP contribution in [0.1, 0.15) is 11.1 Å². The van der Waals surface area contributed by atoms with Crippen LogP contribution < -0.4 is 5.32 Å². The molecule has 1 heterocycles. The SMILES string of the molecule is CSc1cc(NCc2ccc(C(F)(F)F)cc2)ncn1. The number of anilines is 1. The number of hydrogen-bond donors (Lipinski definition) is 1. The lowest BCUT2D eigenvalue weighted by Gasteiger charge is -2.09. The third-order valence-corrected chi connectivity index (χ3v) is 3.25. The molecule has 1 aromatic heterocycles. The average molecular weight is 299 g/mol. The molecule has 1 N–H and O–H groups in total. The van der Waals surface area contributed by atoms with Gasteiger partial charge < -0.3 is 5.32 Å². The molecular weight excluding hydrogens is 287 g/mol. The van der Waals surface area contributed by atoms with E-state index in [0.717, 1.165) is 22.7 Å². The van der Waals surface area contributed by atoms with E-state index in [1.54, 1.807) is 6.07 Å². The highest BCUT2D eigenvalue weighted by Crippen LogP contribution is 2.29. The van der Waals surface area contributed by atoms with Crippen molar-refractivity contribution in [2.45, 2.75) is 17.7 Å². The highest BCUT2D eigenvalue weighted by molar-refractivity contribution is 7.98. The van der Waals surface area contributed by atoms with Gasteiger partial charge in [0.1, 0.15) is 17.2 Å². The summed E-state index contributed by atoms with van der Waals surface area (Å²) in [6, 6.07) is 6.84. The minimum Gasteiger partial charge on any atom is -0.366 e. The molecule has 0 fully saturated rings. The lowest BCUT2D eigenvalue weighted by molar-refractivity contribution is -0.137. The average Bonchev–Trinajstić information content (AvgIpc) is 2.45. The fraction of sp³-hybridized carbons (Fsp3) is 0.231. The molecule has 0 aliphatic rings. The normalized spacial score (nSPS) is 11.4. The molecule has 0 atom stereocenters. The van der Waals surface area contributed by atoms with Gasteiger partial charge in [-0.2, -0.15) is 13.2 Å². The Labute approximate surface area is 118 Å². The van der Waals surface area contributed by atoms with Crippen LogP contribution in [0.2, 0.25) is 0 Å². The van der Waals surface area contributed by atoms with E-state index < -0.39 is 11.7 Å². The van der Waals surface area contributed by atoms with Crippen LogP contribution in [0.4, 0.5) is 19.0 Å². The smallest absolute Gasteiger partial charge is 0.366 e. The minimum atomic E-state index is -4.30. The molecule has 0 saturated heterocycles. The second-order valence-electron chi connectivity index (χ2n) is 3.99. The number of nitrogens with zero attached hydrogens (tertiary/aromatic N) is 2. The molecule has 0 amide bonds. The maximum atomic E-state index is 12.4. The second-order valence-corrected chi connectivity index (χ2v) is 4.82. The molecule has 0 aliphatic carbocycles. The van der Waals surface area contributed by atoms with E-state index in [2.05, 4.69) is 15.3 Å². The zero-order chi connectivity index (χ0) is 14.6. The molecule has 3 nitrogen and oxygen atoms in total. The summed E-state index contributed by atoms with van der Waals surface area (Å²) >= 11 is 1.49. The Morgan fingerprint density at radius 3 is 2.45 bits per heavy atom. The predicted molar refractivity (Wildman–Crippen MR) is 72.6 cm³/mol. The quantitative estimate of drug-likeness (QED) is 0.688. The summed E-state index contributed by atoms with van der Waals surface area (Å²) in [5.41, 5.74) is 0.107. The third-order valence-electron chi connectivity index (χ3n) is 2.61. The first-order valence-electron chi connectivity index (χ1n) is 5.75. The molecule has 0 aliphatic heterocycles. The summed E-state index contributed by atoms with van der Waals surface area (Å²) in [5.74, 6) is 0.643. The lowest BCUT2D eigenvalue weighted by atomic mass is 10.1. The van der Waals surface area contributed by atoms with E-state index in [4.69, 9.17) is 0 Å². The zero-order valence-corrected chi connectivity index (χ0v) is 11.4. The fourth-order valence-electron chi connectivity index (χ4n) is 1.55. The summed E-state index contributed by atoms with van der Waals surface area (Å²) in [6.45, 7) is 0.406. The van der Waals surface area contributed by atoms with Gasteiger partial charge in [0.2, 0.25) is 0 Å². The number of halogens is 3. The molecular formula is C13H12F3N3S. The minimum absolute atomic E-state index is 0.406. The van der Waals surface area contributed by atoms with Crippen molar-refractivity contribution >= 4 is 17.6 Å². The number of hydrogen-bond acceptors (Lipinski definition) is 4. The van der Waals surface area contributed by atoms with Crippen LogP contribution >= 0.6 is 11.8 Å². The first-order valence-corrected chi connectivity index (χ1v) is 6.97. The van der Waals surface area contributed by atoms with E-state index in [9.17, 15) is 13.2 Å². The van der Waals surface area contributed by atoms with Gasteiger partial charge in [-0.1, -0.05) is 12.1 Å². The van der Waals surface area contributed by atoms with Gasteiger partial charge in [-0.3, -0.25) is 0 Å². The van der Waals surface area contributed by atoms with Crippen LogP contribution in [-0.4, -0.2) is 16.2 Å². The predicted octanol–water partition coefficient (Wildman–Crippen LogP) is 3.83. The third kappa shape index (κ3) is 3.86. The Morgan fingerprint density at radius 1 is 1.15 bits per heavy atom. The van der Waals surface area contributed by atoms with Crippen molar-refractivity contribution in [2.24, 2.45) is 0 Å². The van der Waals surface area contributed by atoms with Crippen LogP contribution in [-0.2, 0) is 12.7 Å². The second kappa shape index (κ2) is 6.13. The molecule has 0 radical (unpaired) electrons. The Bertz CT molecular complexity index is 570. The van der Waals surface area contributed by atoms with Crippen molar-refractivity contribution in [3.8, 4) is 0 Å². The fourth-order valence-corrected chi connectivity index (χ4v) is 1.93. The molecule has 2 rings (SSSR count). The summed E-state index contributed by atoms with van der Waals surface area (Å²) in [4.78, 5) is 8.08. The topological polar surface area (TPSA) is 37.8 Å². The standard InChI is InChI=1S/C13H12F3N3S/c1-20-12-6-11(18-8-19-12)17-7-9-2-4-10(5-3-9)13(14,15)16/h2-6,8H,7H2,1H3,(H,17,18,19). The van der Waals surface area contributed by atoms with Crippen LogP contribution in [0.15, 0.2) is 41.7 Å². The van der Waals surface area contributed by atoms with Crippen molar-refractivity contribution in [1.29, 1.82) is 0 Å². The molecule has 0 spiro atoms. The molecule has 0 bridgehead atoms. The van der Waals surface area contributed by atoms with Crippen molar-refractivity contribution in [3.05, 3.63) is 47.8 Å². The van der Waals surface area contributed by atoms with Crippen molar-refractivity contribution < 1.29 is 13.2 Å². The van der Waals surface area contributed by atoms with Gasteiger partial charge in [0.05, 0.1) is 5.56 Å². The Morgan fingerprint density at radius 2 is 1.85 bits per heavy atom. The van der Waals surface area contributed by atoms with Gasteiger partial charge >= 0.3 is 6.18 Å². The number of benzene rings is 1. The van der Waals surface area contributed by atoms with Crippen LogP contribution in [0.3, 0.4) is 0 Å². The lowest BCUT2D eigenvalue weighted by Crippen LogP contribution is -2.06. The van der Waals surface area contributed by atoms with E-state index in [1.807, 2.05) is 6.26 Å². The number of alkyl halides is 3. The maximum Gasteiger partial charge on any atom is 0.416 e. The van der Waals surface area contributed by atoms with Gasteiger partial charge in [0, 0.05) is 12.6 Å². The molecule has 7 heteroatoms. The first kappa shape index (κ1) is 14.6. The van der Waals surface area contributed by atoms with Crippen molar-refractivity contribution in [1.82, 2.24) is 9.97 Å². The highest BCUT2D eigenvalue weighted by atomic mass is 32.2.